The lowest BCUT2D eigenvalue weighted by molar-refractivity contribution is -0.161. The number of nitrogens with two attached hydrogens (primary N) is 4. The summed E-state index contributed by atoms with van der Waals surface area (Å²) in [5.74, 6) is -1.52. The van der Waals surface area contributed by atoms with Crippen molar-refractivity contribution in [2.45, 2.75) is 37.8 Å². The third-order valence-electron chi connectivity index (χ3n) is 2.25. The highest BCUT2D eigenvalue weighted by molar-refractivity contribution is 5.90. The third kappa shape index (κ3) is 7.01. The molecule has 1 unspecified atom stereocenters. The summed E-state index contributed by atoms with van der Waals surface area (Å²) in [6.07, 6.45) is 1.98. The molecule has 0 amide bonds. The minimum absolute atomic E-state index is 0.390. The summed E-state index contributed by atoms with van der Waals surface area (Å²) >= 11 is 0. The van der Waals surface area contributed by atoms with E-state index in [4.69, 9.17) is 22.9 Å². The topological polar surface area (TPSA) is 147 Å². The number of hydrogen-bond donors (Lipinski definition) is 4. The van der Waals surface area contributed by atoms with Crippen LogP contribution in [0.3, 0.4) is 0 Å². The molecule has 0 rings (SSSR count). The molecule has 0 aromatic carbocycles. The van der Waals surface area contributed by atoms with Crippen LogP contribution >= 0.6 is 0 Å². The number of ether oxygens (including phenoxy) is 1. The molecule has 0 aliphatic rings. The summed E-state index contributed by atoms with van der Waals surface area (Å²) in [5, 5.41) is 0. The summed E-state index contributed by atoms with van der Waals surface area (Å²) in [5.41, 5.74) is 21.6. The summed E-state index contributed by atoms with van der Waals surface area (Å²) in [6, 6.07) is -1.66. The molecular formula is C10H22N4O3. The lowest BCUT2D eigenvalue weighted by atomic mass is 10.1. The van der Waals surface area contributed by atoms with E-state index in [-0.39, 0.29) is 0 Å². The lowest BCUT2D eigenvalue weighted by Crippen LogP contribution is -2.39. The summed E-state index contributed by atoms with van der Waals surface area (Å²) in [6.45, 7) is 0.871. The Morgan fingerprint density at radius 1 is 0.882 bits per heavy atom. The largest absolute Gasteiger partial charge is 0.391 e. The number of carbonyl (C=O) groups excluding carboxylic acids is 2. The SMILES string of the molecule is NCCCC(N)C(=O)OC(=O)[C@H](N)CCCN. The second-order valence-corrected chi connectivity index (χ2v) is 3.81. The molecule has 0 spiro atoms. The molecular weight excluding hydrogens is 224 g/mol. The van der Waals surface area contributed by atoms with Crippen molar-refractivity contribution >= 4 is 11.9 Å². The summed E-state index contributed by atoms with van der Waals surface area (Å²) in [7, 11) is 0. The van der Waals surface area contributed by atoms with Crippen molar-refractivity contribution in [3.8, 4) is 0 Å². The molecule has 0 heterocycles. The highest BCUT2D eigenvalue weighted by atomic mass is 16.6. The molecule has 0 saturated heterocycles. The van der Waals surface area contributed by atoms with E-state index in [1.54, 1.807) is 0 Å². The Labute approximate surface area is 101 Å². The molecule has 0 aliphatic carbocycles. The predicted molar refractivity (Wildman–Crippen MR) is 63.6 cm³/mol. The van der Waals surface area contributed by atoms with Gasteiger partial charge in [0.2, 0.25) is 0 Å². The molecule has 8 N–H and O–H groups in total. The van der Waals surface area contributed by atoms with Gasteiger partial charge in [0.15, 0.2) is 0 Å². The van der Waals surface area contributed by atoms with Gasteiger partial charge >= 0.3 is 11.9 Å². The van der Waals surface area contributed by atoms with Gasteiger partial charge in [-0.2, -0.15) is 0 Å². The second-order valence-electron chi connectivity index (χ2n) is 3.81. The van der Waals surface area contributed by atoms with Crippen LogP contribution in [0.25, 0.3) is 0 Å². The van der Waals surface area contributed by atoms with Gasteiger partial charge in [0.1, 0.15) is 12.1 Å². The molecule has 17 heavy (non-hydrogen) atoms. The van der Waals surface area contributed by atoms with Crippen LogP contribution in [0.1, 0.15) is 25.7 Å². The van der Waals surface area contributed by atoms with Gasteiger partial charge in [-0.15, -0.1) is 0 Å². The maximum atomic E-state index is 11.3. The first-order valence-electron chi connectivity index (χ1n) is 5.69. The second kappa shape index (κ2) is 9.06. The zero-order valence-electron chi connectivity index (χ0n) is 9.93. The van der Waals surface area contributed by atoms with Crippen molar-refractivity contribution in [2.24, 2.45) is 22.9 Å². The van der Waals surface area contributed by atoms with E-state index in [1.165, 1.54) is 0 Å². The van der Waals surface area contributed by atoms with Gasteiger partial charge in [-0.05, 0) is 38.8 Å². The van der Waals surface area contributed by atoms with Crippen molar-refractivity contribution in [3.63, 3.8) is 0 Å². The first kappa shape index (κ1) is 16.0. The fraction of sp³-hybridized carbons (Fsp3) is 0.800. The molecule has 0 saturated carbocycles. The fourth-order valence-corrected chi connectivity index (χ4v) is 1.16. The quantitative estimate of drug-likeness (QED) is 0.291. The van der Waals surface area contributed by atoms with Crippen LogP contribution in [-0.2, 0) is 14.3 Å². The Bertz CT molecular complexity index is 224. The van der Waals surface area contributed by atoms with E-state index >= 15 is 0 Å². The van der Waals surface area contributed by atoms with Crippen molar-refractivity contribution in [1.82, 2.24) is 0 Å². The first-order chi connectivity index (χ1) is 8.02. The van der Waals surface area contributed by atoms with E-state index in [9.17, 15) is 9.59 Å². The number of esters is 2. The third-order valence-corrected chi connectivity index (χ3v) is 2.25. The van der Waals surface area contributed by atoms with Crippen LogP contribution in [0.2, 0.25) is 0 Å². The highest BCUT2D eigenvalue weighted by Gasteiger charge is 2.22. The fourth-order valence-electron chi connectivity index (χ4n) is 1.16. The van der Waals surface area contributed by atoms with Crippen LogP contribution in [0, 0.1) is 0 Å². The Morgan fingerprint density at radius 2 is 1.24 bits per heavy atom. The average molecular weight is 246 g/mol. The van der Waals surface area contributed by atoms with Crippen LogP contribution in [-0.4, -0.2) is 37.1 Å². The predicted octanol–water partition coefficient (Wildman–Crippen LogP) is -1.81. The Morgan fingerprint density at radius 3 is 1.53 bits per heavy atom. The van der Waals surface area contributed by atoms with Crippen molar-refractivity contribution in [1.29, 1.82) is 0 Å². The van der Waals surface area contributed by atoms with Crippen molar-refractivity contribution in [2.75, 3.05) is 13.1 Å². The monoisotopic (exact) mass is 246 g/mol. The van der Waals surface area contributed by atoms with Gasteiger partial charge in [0, 0.05) is 0 Å². The molecule has 0 aromatic heterocycles. The highest BCUT2D eigenvalue weighted by Crippen LogP contribution is 2.00. The van der Waals surface area contributed by atoms with E-state index < -0.39 is 24.0 Å². The van der Waals surface area contributed by atoms with Gasteiger partial charge in [0.05, 0.1) is 0 Å². The minimum Gasteiger partial charge on any atom is -0.391 e. The lowest BCUT2D eigenvalue weighted by Gasteiger charge is -2.12. The van der Waals surface area contributed by atoms with E-state index in [2.05, 4.69) is 4.74 Å². The van der Waals surface area contributed by atoms with Crippen LogP contribution in [0.15, 0.2) is 0 Å². The van der Waals surface area contributed by atoms with Gasteiger partial charge in [-0.25, -0.2) is 9.59 Å². The average Bonchev–Trinajstić information content (AvgIpc) is 2.32. The molecule has 0 radical (unpaired) electrons. The Hall–Kier alpha value is -1.02. The van der Waals surface area contributed by atoms with E-state index in [0.717, 1.165) is 0 Å². The van der Waals surface area contributed by atoms with Gasteiger partial charge in [-0.3, -0.25) is 0 Å². The Balaban J connectivity index is 3.97. The number of hydrogen-bond acceptors (Lipinski definition) is 7. The Kier molecular flexibility index (Phi) is 8.51. The normalized spacial score (nSPS) is 14.1. The molecule has 7 nitrogen and oxygen atoms in total. The van der Waals surface area contributed by atoms with Crippen LogP contribution < -0.4 is 22.9 Å². The molecule has 0 bridgehead atoms. The number of carbonyl (C=O) groups is 2. The maximum Gasteiger partial charge on any atom is 0.330 e. The summed E-state index contributed by atoms with van der Waals surface area (Å²) in [4.78, 5) is 22.7. The summed E-state index contributed by atoms with van der Waals surface area (Å²) < 4.78 is 4.56. The minimum atomic E-state index is -0.829. The van der Waals surface area contributed by atoms with Gasteiger partial charge < -0.3 is 27.7 Å². The standard InChI is InChI=1S/C10H22N4O3/c11-5-1-3-7(13)9(15)17-10(16)8(14)4-2-6-12/h7-8H,1-6,11-14H2/t7-,8?/m1/s1. The van der Waals surface area contributed by atoms with Crippen molar-refractivity contribution < 1.29 is 14.3 Å². The maximum absolute atomic E-state index is 11.3. The van der Waals surface area contributed by atoms with Gasteiger partial charge in [-0.1, -0.05) is 0 Å². The molecule has 0 aromatic rings. The smallest absolute Gasteiger partial charge is 0.330 e. The first-order valence-corrected chi connectivity index (χ1v) is 5.69. The molecule has 7 heteroatoms. The number of rotatable bonds is 8. The zero-order valence-corrected chi connectivity index (χ0v) is 9.93. The van der Waals surface area contributed by atoms with Crippen LogP contribution in [0.5, 0.6) is 0 Å². The molecule has 0 aliphatic heterocycles. The van der Waals surface area contributed by atoms with E-state index in [1.807, 2.05) is 0 Å². The molecule has 2 atom stereocenters. The molecule has 0 fully saturated rings. The van der Waals surface area contributed by atoms with Crippen molar-refractivity contribution in [3.05, 3.63) is 0 Å². The molecule has 100 valence electrons. The van der Waals surface area contributed by atoms with Crippen LogP contribution in [0.4, 0.5) is 0 Å². The zero-order chi connectivity index (χ0) is 13.3. The van der Waals surface area contributed by atoms with E-state index in [0.29, 0.717) is 38.8 Å². The van der Waals surface area contributed by atoms with Gasteiger partial charge in [0.25, 0.3) is 0 Å².